The summed E-state index contributed by atoms with van der Waals surface area (Å²) in [6, 6.07) is 0. The molecule has 6 nitrogen and oxygen atoms in total. The predicted octanol–water partition coefficient (Wildman–Crippen LogP) is -0.729. The van der Waals surface area contributed by atoms with Gasteiger partial charge in [0.1, 0.15) is 5.82 Å². The predicted molar refractivity (Wildman–Crippen MR) is 44.9 cm³/mol. The van der Waals surface area contributed by atoms with Crippen LogP contribution in [0.25, 0.3) is 0 Å². The molecule has 0 saturated carbocycles. The van der Waals surface area contributed by atoms with Gasteiger partial charge in [-0.2, -0.15) is 0 Å². The largest absolute Gasteiger partial charge is 0.379 e. The molecule has 0 amide bonds. The van der Waals surface area contributed by atoms with Gasteiger partial charge in [-0.3, -0.25) is 4.90 Å². The van der Waals surface area contributed by atoms with Gasteiger partial charge in [-0.15, -0.1) is 5.10 Å². The normalized spacial score (nSPS) is 19.2. The molecule has 2 rings (SSSR count). The molecule has 0 N–H and O–H groups in total. The molecule has 0 atom stereocenters. The number of tetrazole rings is 1. The van der Waals surface area contributed by atoms with Gasteiger partial charge in [0.15, 0.2) is 0 Å². The first-order valence-electron chi connectivity index (χ1n) is 4.39. The Labute approximate surface area is 76.5 Å². The minimum atomic E-state index is 0.766. The minimum Gasteiger partial charge on any atom is -0.379 e. The standard InChI is InChI=1S/C7H13N5O/c1-7-8-9-10-12(7)6-11-2-4-13-5-3-11/h2-6H2,1H3. The first-order valence-corrected chi connectivity index (χ1v) is 4.39. The third kappa shape index (κ3) is 2.02. The van der Waals surface area contributed by atoms with E-state index in [1.807, 2.05) is 6.92 Å². The fourth-order valence-electron chi connectivity index (χ4n) is 1.31. The van der Waals surface area contributed by atoms with Gasteiger partial charge in [-0.25, -0.2) is 4.68 Å². The molecule has 2 heterocycles. The number of hydrogen-bond acceptors (Lipinski definition) is 5. The number of aryl methyl sites for hydroxylation is 1. The van der Waals surface area contributed by atoms with Gasteiger partial charge in [0.25, 0.3) is 0 Å². The van der Waals surface area contributed by atoms with E-state index in [4.69, 9.17) is 4.74 Å². The Balaban J connectivity index is 1.93. The number of ether oxygens (including phenoxy) is 1. The molecule has 0 spiro atoms. The van der Waals surface area contributed by atoms with Crippen LogP contribution < -0.4 is 0 Å². The molecule has 0 radical (unpaired) electrons. The molecule has 72 valence electrons. The number of morpholine rings is 1. The van der Waals surface area contributed by atoms with Gasteiger partial charge >= 0.3 is 0 Å². The van der Waals surface area contributed by atoms with Crippen molar-refractivity contribution in [1.82, 2.24) is 25.1 Å². The highest BCUT2D eigenvalue weighted by atomic mass is 16.5. The number of rotatable bonds is 2. The highest BCUT2D eigenvalue weighted by Gasteiger charge is 2.11. The number of hydrogen-bond donors (Lipinski definition) is 0. The molecule has 1 aromatic rings. The Morgan fingerprint density at radius 3 is 2.77 bits per heavy atom. The van der Waals surface area contributed by atoms with Gasteiger partial charge in [-0.1, -0.05) is 0 Å². The van der Waals surface area contributed by atoms with Crippen LogP contribution in [0.15, 0.2) is 0 Å². The lowest BCUT2D eigenvalue weighted by atomic mass is 10.4. The highest BCUT2D eigenvalue weighted by Crippen LogP contribution is 1.99. The first-order chi connectivity index (χ1) is 6.36. The van der Waals surface area contributed by atoms with E-state index in [1.54, 1.807) is 4.68 Å². The Bertz CT molecular complexity index is 268. The molecular formula is C7H13N5O. The zero-order valence-electron chi connectivity index (χ0n) is 7.68. The van der Waals surface area contributed by atoms with E-state index in [0.29, 0.717) is 0 Å². The molecule has 1 aromatic heterocycles. The zero-order chi connectivity index (χ0) is 9.10. The molecule has 1 fully saturated rings. The summed E-state index contributed by atoms with van der Waals surface area (Å²) in [4.78, 5) is 2.27. The lowest BCUT2D eigenvalue weighted by Gasteiger charge is -2.26. The van der Waals surface area contributed by atoms with Crippen LogP contribution >= 0.6 is 0 Å². The van der Waals surface area contributed by atoms with E-state index < -0.39 is 0 Å². The Hall–Kier alpha value is -1.01. The van der Waals surface area contributed by atoms with Crippen LogP contribution in [0.1, 0.15) is 5.82 Å². The maximum Gasteiger partial charge on any atom is 0.149 e. The van der Waals surface area contributed by atoms with Gasteiger partial charge in [0.05, 0.1) is 19.9 Å². The van der Waals surface area contributed by atoms with Crippen molar-refractivity contribution in [2.45, 2.75) is 13.6 Å². The molecular weight excluding hydrogens is 170 g/mol. The zero-order valence-corrected chi connectivity index (χ0v) is 7.68. The molecule has 6 heteroatoms. The number of aromatic nitrogens is 4. The lowest BCUT2D eigenvalue weighted by Crippen LogP contribution is -2.37. The average Bonchev–Trinajstić information content (AvgIpc) is 2.54. The molecule has 0 aliphatic carbocycles. The summed E-state index contributed by atoms with van der Waals surface area (Å²) in [6.45, 7) is 6.20. The van der Waals surface area contributed by atoms with Crippen molar-refractivity contribution < 1.29 is 4.74 Å². The molecule has 1 saturated heterocycles. The van der Waals surface area contributed by atoms with E-state index >= 15 is 0 Å². The second-order valence-corrected chi connectivity index (χ2v) is 3.10. The lowest BCUT2D eigenvalue weighted by molar-refractivity contribution is 0.0206. The van der Waals surface area contributed by atoms with Crippen molar-refractivity contribution in [3.05, 3.63) is 5.82 Å². The highest BCUT2D eigenvalue weighted by molar-refractivity contribution is 4.73. The second-order valence-electron chi connectivity index (χ2n) is 3.10. The summed E-state index contributed by atoms with van der Waals surface area (Å²) in [5.41, 5.74) is 0. The van der Waals surface area contributed by atoms with Gasteiger partial charge in [0, 0.05) is 13.1 Å². The third-order valence-corrected chi connectivity index (χ3v) is 2.15. The van der Waals surface area contributed by atoms with Gasteiger partial charge < -0.3 is 4.74 Å². The quantitative estimate of drug-likeness (QED) is 0.605. The third-order valence-electron chi connectivity index (χ3n) is 2.15. The summed E-state index contributed by atoms with van der Waals surface area (Å²) < 4.78 is 7.04. The molecule has 1 aliphatic rings. The summed E-state index contributed by atoms with van der Waals surface area (Å²) in [6.07, 6.45) is 0. The van der Waals surface area contributed by atoms with Crippen molar-refractivity contribution in [3.8, 4) is 0 Å². The molecule has 0 unspecified atom stereocenters. The van der Waals surface area contributed by atoms with Crippen molar-refractivity contribution >= 4 is 0 Å². The van der Waals surface area contributed by atoms with Crippen molar-refractivity contribution in [2.75, 3.05) is 26.3 Å². The summed E-state index contributed by atoms with van der Waals surface area (Å²) in [5, 5.41) is 11.3. The summed E-state index contributed by atoms with van der Waals surface area (Å²) >= 11 is 0. The molecule has 0 aromatic carbocycles. The van der Waals surface area contributed by atoms with Crippen LogP contribution in [0.3, 0.4) is 0 Å². The number of nitrogens with zero attached hydrogens (tertiary/aromatic N) is 5. The maximum atomic E-state index is 5.25. The van der Waals surface area contributed by atoms with Crippen LogP contribution in [0.4, 0.5) is 0 Å². The minimum absolute atomic E-state index is 0.766. The van der Waals surface area contributed by atoms with E-state index in [1.165, 1.54) is 0 Å². The maximum absolute atomic E-state index is 5.25. The summed E-state index contributed by atoms with van der Waals surface area (Å²) in [7, 11) is 0. The Kier molecular flexibility index (Phi) is 2.51. The molecule has 0 bridgehead atoms. The van der Waals surface area contributed by atoms with Gasteiger partial charge in [0.2, 0.25) is 0 Å². The van der Waals surface area contributed by atoms with E-state index in [9.17, 15) is 0 Å². The van der Waals surface area contributed by atoms with Crippen LogP contribution in [-0.4, -0.2) is 51.4 Å². The van der Waals surface area contributed by atoms with Crippen LogP contribution in [0, 0.1) is 6.92 Å². The topological polar surface area (TPSA) is 56.1 Å². The van der Waals surface area contributed by atoms with Crippen molar-refractivity contribution in [1.29, 1.82) is 0 Å². The van der Waals surface area contributed by atoms with Crippen molar-refractivity contribution in [2.24, 2.45) is 0 Å². The van der Waals surface area contributed by atoms with Crippen LogP contribution in [-0.2, 0) is 11.4 Å². The van der Waals surface area contributed by atoms with Crippen molar-refractivity contribution in [3.63, 3.8) is 0 Å². The molecule has 13 heavy (non-hydrogen) atoms. The fraction of sp³-hybridized carbons (Fsp3) is 0.857. The van der Waals surface area contributed by atoms with Crippen LogP contribution in [0.2, 0.25) is 0 Å². The summed E-state index contributed by atoms with van der Waals surface area (Å²) in [5.74, 6) is 0.853. The average molecular weight is 183 g/mol. The van der Waals surface area contributed by atoms with E-state index in [2.05, 4.69) is 20.4 Å². The monoisotopic (exact) mass is 183 g/mol. The fourth-order valence-corrected chi connectivity index (χ4v) is 1.31. The SMILES string of the molecule is Cc1nnnn1CN1CCOCC1. The Morgan fingerprint density at radius 2 is 2.15 bits per heavy atom. The van der Waals surface area contributed by atoms with E-state index in [0.717, 1.165) is 38.8 Å². The first kappa shape index (κ1) is 8.58. The Morgan fingerprint density at radius 1 is 1.38 bits per heavy atom. The van der Waals surface area contributed by atoms with Gasteiger partial charge in [-0.05, 0) is 17.4 Å². The molecule has 1 aliphatic heterocycles. The smallest absolute Gasteiger partial charge is 0.149 e. The second kappa shape index (κ2) is 3.80. The van der Waals surface area contributed by atoms with Crippen LogP contribution in [0.5, 0.6) is 0 Å². The van der Waals surface area contributed by atoms with E-state index in [-0.39, 0.29) is 0 Å².